The van der Waals surface area contributed by atoms with Gasteiger partial charge in [0.05, 0.1) is 0 Å². The maximum atomic E-state index is 10.8. The quantitative estimate of drug-likeness (QED) is 0.564. The Labute approximate surface area is 58.2 Å². The Bertz CT molecular complexity index is 183. The van der Waals surface area contributed by atoms with Crippen molar-refractivity contribution >= 4 is 12.0 Å². The molecule has 0 radical (unpaired) electrons. The molecule has 56 valence electrons. The van der Waals surface area contributed by atoms with Crippen molar-refractivity contribution < 1.29 is 14.7 Å². The maximum absolute atomic E-state index is 10.8. The van der Waals surface area contributed by atoms with Crippen LogP contribution >= 0.6 is 0 Å². The number of amides is 2. The summed E-state index contributed by atoms with van der Waals surface area (Å²) in [5.74, 6) is -0.375. The van der Waals surface area contributed by atoms with Crippen molar-refractivity contribution in [3.8, 4) is 0 Å². The van der Waals surface area contributed by atoms with Crippen LogP contribution in [0.15, 0.2) is 0 Å². The zero-order valence-electron chi connectivity index (χ0n) is 5.68. The minimum atomic E-state index is -1.27. The number of nitrogens with one attached hydrogen (secondary N) is 1. The molecule has 1 aliphatic rings. The van der Waals surface area contributed by atoms with Gasteiger partial charge < -0.3 is 5.11 Å². The van der Waals surface area contributed by atoms with Gasteiger partial charge in [-0.1, -0.05) is 6.92 Å². The number of carboxylic acid groups (broad SMARTS) is 1. The van der Waals surface area contributed by atoms with Gasteiger partial charge in [-0.15, -0.1) is 0 Å². The van der Waals surface area contributed by atoms with E-state index in [0.29, 0.717) is 0 Å². The summed E-state index contributed by atoms with van der Waals surface area (Å²) in [5, 5.41) is 9.97. The van der Waals surface area contributed by atoms with E-state index >= 15 is 0 Å². The number of carbonyl (C=O) groups is 2. The van der Waals surface area contributed by atoms with Gasteiger partial charge in [0.25, 0.3) is 0 Å². The monoisotopic (exact) mass is 143 g/mol. The molecule has 0 aromatic carbocycles. The van der Waals surface area contributed by atoms with Gasteiger partial charge in [0, 0.05) is 5.41 Å². The van der Waals surface area contributed by atoms with Gasteiger partial charge in [-0.2, -0.15) is 0 Å². The van der Waals surface area contributed by atoms with Crippen molar-refractivity contribution in [2.45, 2.75) is 19.8 Å². The molecule has 0 spiro atoms. The molecule has 0 heterocycles. The lowest BCUT2D eigenvalue weighted by molar-refractivity contribution is -0.124. The van der Waals surface area contributed by atoms with E-state index in [2.05, 4.69) is 0 Å². The second kappa shape index (κ2) is 1.97. The molecule has 0 unspecified atom stereocenters. The van der Waals surface area contributed by atoms with Gasteiger partial charge in [-0.25, -0.2) is 4.79 Å². The minimum absolute atomic E-state index is 0.375. The Balaban J connectivity index is 2.43. The third kappa shape index (κ3) is 1.26. The number of rotatable bonds is 1. The zero-order valence-corrected chi connectivity index (χ0v) is 5.68. The van der Waals surface area contributed by atoms with Crippen molar-refractivity contribution in [1.29, 1.82) is 0 Å². The Kier molecular flexibility index (Phi) is 1.39. The standard InChI is InChI=1S/C6H9NO3/c1-6(2-3-6)4(8)7-5(9)10/h2-3H2,1H3,(H,7,8)(H,9,10). The van der Waals surface area contributed by atoms with Crippen LogP contribution in [0, 0.1) is 5.41 Å². The maximum Gasteiger partial charge on any atom is 0.411 e. The summed E-state index contributed by atoms with van der Waals surface area (Å²) in [7, 11) is 0. The van der Waals surface area contributed by atoms with E-state index in [1.54, 1.807) is 6.92 Å². The molecule has 0 aromatic rings. The zero-order chi connectivity index (χ0) is 7.78. The molecule has 0 aliphatic heterocycles. The normalized spacial score (nSPS) is 19.7. The van der Waals surface area contributed by atoms with Crippen LogP contribution in [0.4, 0.5) is 4.79 Å². The molecular formula is C6H9NO3. The molecule has 2 amide bonds. The highest BCUT2D eigenvalue weighted by molar-refractivity contribution is 5.95. The number of hydrogen-bond donors (Lipinski definition) is 2. The Hall–Kier alpha value is -1.06. The summed E-state index contributed by atoms with van der Waals surface area (Å²) < 4.78 is 0. The first-order valence-electron chi connectivity index (χ1n) is 3.09. The SMILES string of the molecule is CC1(C(=O)NC(=O)O)CC1. The van der Waals surface area contributed by atoms with E-state index in [4.69, 9.17) is 5.11 Å². The van der Waals surface area contributed by atoms with E-state index < -0.39 is 11.5 Å². The minimum Gasteiger partial charge on any atom is -0.465 e. The van der Waals surface area contributed by atoms with Gasteiger partial charge >= 0.3 is 6.09 Å². The summed E-state index contributed by atoms with van der Waals surface area (Å²) in [5.41, 5.74) is -0.390. The molecule has 2 N–H and O–H groups in total. The predicted molar refractivity (Wildman–Crippen MR) is 33.5 cm³/mol. The number of hydrogen-bond acceptors (Lipinski definition) is 2. The first kappa shape index (κ1) is 7.05. The van der Waals surface area contributed by atoms with Gasteiger partial charge in [0.15, 0.2) is 0 Å². The van der Waals surface area contributed by atoms with Crippen LogP contribution in [0.3, 0.4) is 0 Å². The Morgan fingerprint density at radius 2 is 2.00 bits per heavy atom. The molecule has 10 heavy (non-hydrogen) atoms. The molecule has 0 atom stereocenters. The van der Waals surface area contributed by atoms with Crippen LogP contribution < -0.4 is 5.32 Å². The molecule has 0 saturated heterocycles. The van der Waals surface area contributed by atoms with E-state index in [9.17, 15) is 9.59 Å². The fraction of sp³-hybridized carbons (Fsp3) is 0.667. The molecule has 4 nitrogen and oxygen atoms in total. The van der Waals surface area contributed by atoms with E-state index in [1.165, 1.54) is 0 Å². The first-order chi connectivity index (χ1) is 4.54. The van der Waals surface area contributed by atoms with Crippen LogP contribution in [0.5, 0.6) is 0 Å². The van der Waals surface area contributed by atoms with Crippen molar-refractivity contribution in [3.63, 3.8) is 0 Å². The molecule has 1 fully saturated rings. The van der Waals surface area contributed by atoms with Crippen LogP contribution in [0.1, 0.15) is 19.8 Å². The van der Waals surface area contributed by atoms with Crippen molar-refractivity contribution in [2.75, 3.05) is 0 Å². The smallest absolute Gasteiger partial charge is 0.411 e. The molecule has 4 heteroatoms. The van der Waals surface area contributed by atoms with Gasteiger partial charge in [0.2, 0.25) is 5.91 Å². The van der Waals surface area contributed by atoms with Crippen molar-refractivity contribution in [1.82, 2.24) is 5.32 Å². The molecular weight excluding hydrogens is 134 g/mol. The third-order valence-corrected chi connectivity index (χ3v) is 1.77. The number of carbonyl (C=O) groups excluding carboxylic acids is 1. The molecule has 1 rings (SSSR count). The Morgan fingerprint density at radius 3 is 2.30 bits per heavy atom. The summed E-state index contributed by atoms with van der Waals surface area (Å²) in [6.45, 7) is 1.76. The summed E-state index contributed by atoms with van der Waals surface area (Å²) in [6.07, 6.45) is 0.330. The lowest BCUT2D eigenvalue weighted by Gasteiger charge is -2.03. The van der Waals surface area contributed by atoms with E-state index in [1.807, 2.05) is 5.32 Å². The lowest BCUT2D eigenvalue weighted by Crippen LogP contribution is -2.34. The highest BCUT2D eigenvalue weighted by atomic mass is 16.4. The van der Waals surface area contributed by atoms with E-state index in [0.717, 1.165) is 12.8 Å². The number of imide groups is 1. The summed E-state index contributed by atoms with van der Waals surface area (Å²) in [6, 6.07) is 0. The fourth-order valence-electron chi connectivity index (χ4n) is 0.663. The third-order valence-electron chi connectivity index (χ3n) is 1.77. The largest absolute Gasteiger partial charge is 0.465 e. The average Bonchev–Trinajstić information content (AvgIpc) is 2.47. The van der Waals surface area contributed by atoms with Crippen LogP contribution in [-0.2, 0) is 4.79 Å². The molecule has 1 saturated carbocycles. The summed E-state index contributed by atoms with van der Waals surface area (Å²) in [4.78, 5) is 20.8. The average molecular weight is 143 g/mol. The fourth-order valence-corrected chi connectivity index (χ4v) is 0.663. The van der Waals surface area contributed by atoms with Crippen molar-refractivity contribution in [2.24, 2.45) is 5.41 Å². The van der Waals surface area contributed by atoms with Gasteiger partial charge in [0.1, 0.15) is 0 Å². The highest BCUT2D eigenvalue weighted by Crippen LogP contribution is 2.44. The van der Waals surface area contributed by atoms with Crippen molar-refractivity contribution in [3.05, 3.63) is 0 Å². The van der Waals surface area contributed by atoms with Gasteiger partial charge in [-0.3, -0.25) is 10.1 Å². The van der Waals surface area contributed by atoms with Gasteiger partial charge in [-0.05, 0) is 12.8 Å². The Morgan fingerprint density at radius 1 is 1.50 bits per heavy atom. The molecule has 0 bridgehead atoms. The van der Waals surface area contributed by atoms with Crippen LogP contribution in [0.2, 0.25) is 0 Å². The predicted octanol–water partition coefficient (Wildman–Crippen LogP) is 0.581. The second-order valence-electron chi connectivity index (χ2n) is 2.82. The molecule has 1 aliphatic carbocycles. The van der Waals surface area contributed by atoms with Crippen LogP contribution in [-0.4, -0.2) is 17.1 Å². The summed E-state index contributed by atoms with van der Waals surface area (Å²) >= 11 is 0. The first-order valence-corrected chi connectivity index (χ1v) is 3.09. The lowest BCUT2D eigenvalue weighted by atomic mass is 10.1. The highest BCUT2D eigenvalue weighted by Gasteiger charge is 2.45. The molecule has 0 aromatic heterocycles. The second-order valence-corrected chi connectivity index (χ2v) is 2.82. The van der Waals surface area contributed by atoms with Crippen LogP contribution in [0.25, 0.3) is 0 Å². The topological polar surface area (TPSA) is 66.4 Å². The van der Waals surface area contributed by atoms with E-state index in [-0.39, 0.29) is 5.91 Å².